The van der Waals surface area contributed by atoms with Gasteiger partial charge < -0.3 is 20.1 Å². The number of carbonyl (C=O) groups is 3. The molecule has 0 spiro atoms. The third-order valence-corrected chi connectivity index (χ3v) is 5.86. The smallest absolute Gasteiger partial charge is 0.260 e. The summed E-state index contributed by atoms with van der Waals surface area (Å²) in [4.78, 5) is 55.1. The van der Waals surface area contributed by atoms with E-state index in [0.717, 1.165) is 12.0 Å². The first-order valence-electron chi connectivity index (χ1n) is 9.81. The first kappa shape index (κ1) is 20.1. The molecule has 2 unspecified atom stereocenters. The van der Waals surface area contributed by atoms with Crippen LogP contribution < -0.4 is 10.9 Å². The minimum Gasteiger partial charge on any atom is -0.347 e. The van der Waals surface area contributed by atoms with E-state index in [9.17, 15) is 19.2 Å². The van der Waals surface area contributed by atoms with Gasteiger partial charge in [-0.15, -0.1) is 0 Å². The van der Waals surface area contributed by atoms with Gasteiger partial charge in [0, 0.05) is 45.3 Å². The molecule has 0 aromatic carbocycles. The third kappa shape index (κ3) is 3.95. The number of rotatable bonds is 4. The molecule has 2 saturated heterocycles. The van der Waals surface area contributed by atoms with Crippen molar-refractivity contribution in [3.63, 3.8) is 0 Å². The Balaban J connectivity index is 1.61. The molecule has 2 N–H and O–H groups in total. The van der Waals surface area contributed by atoms with Crippen LogP contribution in [0.3, 0.4) is 0 Å². The maximum Gasteiger partial charge on any atom is 0.260 e. The van der Waals surface area contributed by atoms with Gasteiger partial charge in [0.2, 0.25) is 11.8 Å². The largest absolute Gasteiger partial charge is 0.347 e. The Morgan fingerprint density at radius 1 is 1.29 bits per heavy atom. The van der Waals surface area contributed by atoms with Gasteiger partial charge in [0.1, 0.15) is 5.56 Å². The van der Waals surface area contributed by atoms with E-state index < -0.39 is 16.9 Å². The molecule has 2 atom stereocenters. The zero-order valence-electron chi connectivity index (χ0n) is 16.7. The van der Waals surface area contributed by atoms with E-state index in [-0.39, 0.29) is 23.4 Å². The topological polar surface area (TPSA) is 103 Å². The monoisotopic (exact) mass is 388 g/mol. The summed E-state index contributed by atoms with van der Waals surface area (Å²) in [6.07, 6.45) is 3.63. The molecule has 2 fully saturated rings. The number of aromatic nitrogens is 1. The first-order chi connectivity index (χ1) is 13.2. The van der Waals surface area contributed by atoms with Gasteiger partial charge in [-0.3, -0.25) is 19.2 Å². The molecule has 28 heavy (non-hydrogen) atoms. The second-order valence-electron chi connectivity index (χ2n) is 8.07. The van der Waals surface area contributed by atoms with Crippen LogP contribution in [0.4, 0.5) is 0 Å². The summed E-state index contributed by atoms with van der Waals surface area (Å²) in [6, 6.07) is 1.43. The van der Waals surface area contributed by atoms with Crippen molar-refractivity contribution in [1.82, 2.24) is 20.1 Å². The van der Waals surface area contributed by atoms with Crippen molar-refractivity contribution in [2.45, 2.75) is 46.1 Å². The summed E-state index contributed by atoms with van der Waals surface area (Å²) in [5, 5.41) is 2.88. The molecule has 0 aliphatic carbocycles. The number of aromatic amines is 1. The Bertz CT molecular complexity index is 849. The predicted octanol–water partition coefficient (Wildman–Crippen LogP) is 0.527. The maximum absolute atomic E-state index is 13.0. The van der Waals surface area contributed by atoms with Crippen molar-refractivity contribution in [2.24, 2.45) is 5.41 Å². The fraction of sp³-hybridized carbons (Fsp3) is 0.600. The van der Waals surface area contributed by atoms with Crippen LogP contribution in [0.2, 0.25) is 0 Å². The van der Waals surface area contributed by atoms with Crippen LogP contribution in [0.1, 0.15) is 49.5 Å². The van der Waals surface area contributed by atoms with E-state index in [1.54, 1.807) is 22.1 Å². The molecule has 3 amide bonds. The first-order valence-corrected chi connectivity index (χ1v) is 9.81. The Kier molecular flexibility index (Phi) is 5.58. The van der Waals surface area contributed by atoms with Crippen LogP contribution in [-0.2, 0) is 16.0 Å². The lowest BCUT2D eigenvalue weighted by Gasteiger charge is -2.29. The van der Waals surface area contributed by atoms with Crippen LogP contribution in [0.15, 0.2) is 17.1 Å². The van der Waals surface area contributed by atoms with Crippen molar-refractivity contribution in [2.75, 3.05) is 26.2 Å². The Hall–Kier alpha value is -2.64. The number of hydrogen-bond donors (Lipinski definition) is 2. The van der Waals surface area contributed by atoms with Gasteiger partial charge in [0.25, 0.3) is 11.5 Å². The zero-order valence-corrected chi connectivity index (χ0v) is 16.7. The summed E-state index contributed by atoms with van der Waals surface area (Å²) in [7, 11) is 0. The minimum absolute atomic E-state index is 0.0115. The summed E-state index contributed by atoms with van der Waals surface area (Å²) in [5.74, 6) is -0.396. The third-order valence-electron chi connectivity index (χ3n) is 5.86. The lowest BCUT2D eigenvalue weighted by molar-refractivity contribution is -0.140. The highest BCUT2D eigenvalue weighted by Crippen LogP contribution is 2.33. The van der Waals surface area contributed by atoms with E-state index in [4.69, 9.17) is 0 Å². The average Bonchev–Trinajstić information content (AvgIpc) is 3.29. The number of pyridine rings is 1. The fourth-order valence-electron chi connectivity index (χ4n) is 4.01. The molecule has 8 nitrogen and oxygen atoms in total. The molecule has 3 heterocycles. The fourth-order valence-corrected chi connectivity index (χ4v) is 4.01. The molecule has 3 rings (SSSR count). The van der Waals surface area contributed by atoms with E-state index in [0.29, 0.717) is 39.0 Å². The lowest BCUT2D eigenvalue weighted by Crippen LogP contribution is -2.45. The van der Waals surface area contributed by atoms with Gasteiger partial charge in [-0.05, 0) is 37.8 Å². The highest BCUT2D eigenvalue weighted by atomic mass is 16.2. The Morgan fingerprint density at radius 3 is 2.68 bits per heavy atom. The van der Waals surface area contributed by atoms with Crippen LogP contribution in [0.5, 0.6) is 0 Å². The maximum atomic E-state index is 13.0. The van der Waals surface area contributed by atoms with E-state index in [1.165, 1.54) is 6.92 Å². The highest BCUT2D eigenvalue weighted by molar-refractivity contribution is 5.94. The van der Waals surface area contributed by atoms with Gasteiger partial charge >= 0.3 is 0 Å². The van der Waals surface area contributed by atoms with Crippen LogP contribution >= 0.6 is 0 Å². The van der Waals surface area contributed by atoms with E-state index >= 15 is 0 Å². The molecule has 1 aromatic rings. The summed E-state index contributed by atoms with van der Waals surface area (Å²) in [6.45, 7) is 7.39. The number of likely N-dealkylation sites (tertiary alicyclic amines) is 2. The number of H-pyrrole nitrogens is 1. The van der Waals surface area contributed by atoms with E-state index in [1.807, 2.05) is 13.8 Å². The van der Waals surface area contributed by atoms with Gasteiger partial charge in [-0.25, -0.2) is 0 Å². The SMILES string of the molecule is CCc1c[nH]c(=O)c(C(=O)NC2CCN(C(=O)C3(C)CCN(C(C)=O)C3)C2)c1. The molecule has 2 aliphatic heterocycles. The molecular weight excluding hydrogens is 360 g/mol. The minimum atomic E-state index is -0.572. The molecule has 2 aliphatic rings. The van der Waals surface area contributed by atoms with E-state index in [2.05, 4.69) is 10.3 Å². The molecular formula is C20H28N4O4. The Morgan fingerprint density at radius 2 is 2.04 bits per heavy atom. The standard InChI is InChI=1S/C20H28N4O4/c1-4-14-9-16(17(26)21-10-14)18(27)22-15-5-7-23(11-15)19(28)20(3)6-8-24(12-20)13(2)25/h9-10,15H,4-8,11-12H2,1-3H3,(H,21,26)(H,22,27). The molecule has 0 radical (unpaired) electrons. The van der Waals surface area contributed by atoms with Crippen molar-refractivity contribution in [3.05, 3.63) is 33.7 Å². The van der Waals surface area contributed by atoms with Crippen LogP contribution in [0, 0.1) is 5.41 Å². The lowest BCUT2D eigenvalue weighted by atomic mass is 9.88. The zero-order chi connectivity index (χ0) is 20.5. The number of carbonyl (C=O) groups excluding carboxylic acids is 3. The van der Waals surface area contributed by atoms with Gasteiger partial charge in [0.15, 0.2) is 0 Å². The van der Waals surface area contributed by atoms with Crippen molar-refractivity contribution in [1.29, 1.82) is 0 Å². The summed E-state index contributed by atoms with van der Waals surface area (Å²) >= 11 is 0. The molecule has 8 heteroatoms. The molecule has 152 valence electrons. The predicted molar refractivity (Wildman–Crippen MR) is 104 cm³/mol. The summed E-state index contributed by atoms with van der Waals surface area (Å²) < 4.78 is 0. The number of hydrogen-bond acceptors (Lipinski definition) is 4. The van der Waals surface area contributed by atoms with Crippen LogP contribution in [-0.4, -0.2) is 64.7 Å². The average molecular weight is 388 g/mol. The van der Waals surface area contributed by atoms with Crippen molar-refractivity contribution < 1.29 is 14.4 Å². The van der Waals surface area contributed by atoms with Gasteiger partial charge in [-0.1, -0.05) is 6.92 Å². The Labute approximate surface area is 164 Å². The molecule has 0 saturated carbocycles. The van der Waals surface area contributed by atoms with Crippen molar-refractivity contribution >= 4 is 17.7 Å². The number of amides is 3. The number of aryl methyl sites for hydroxylation is 1. The quantitative estimate of drug-likeness (QED) is 0.785. The second-order valence-corrected chi connectivity index (χ2v) is 8.07. The number of nitrogens with one attached hydrogen (secondary N) is 2. The molecule has 1 aromatic heterocycles. The number of nitrogens with zero attached hydrogens (tertiary/aromatic N) is 2. The normalized spacial score (nSPS) is 24.5. The van der Waals surface area contributed by atoms with Gasteiger partial charge in [-0.2, -0.15) is 0 Å². The summed E-state index contributed by atoms with van der Waals surface area (Å²) in [5.41, 5.74) is 0.00142. The highest BCUT2D eigenvalue weighted by Gasteiger charge is 2.44. The second kappa shape index (κ2) is 7.77. The molecule has 0 bridgehead atoms. The van der Waals surface area contributed by atoms with Gasteiger partial charge in [0.05, 0.1) is 5.41 Å². The van der Waals surface area contributed by atoms with Crippen LogP contribution in [0.25, 0.3) is 0 Å². The van der Waals surface area contributed by atoms with Crippen molar-refractivity contribution in [3.8, 4) is 0 Å².